The third-order valence-electron chi connectivity index (χ3n) is 5.28. The summed E-state index contributed by atoms with van der Waals surface area (Å²) in [4.78, 5) is 25.0. The zero-order valence-electron chi connectivity index (χ0n) is 18.5. The molecule has 8 nitrogen and oxygen atoms in total. The van der Waals surface area contributed by atoms with E-state index in [1.807, 2.05) is 13.8 Å². The summed E-state index contributed by atoms with van der Waals surface area (Å²) in [6, 6.07) is 8.89. The fourth-order valence-corrected chi connectivity index (χ4v) is 5.05. The van der Waals surface area contributed by atoms with E-state index in [9.17, 15) is 13.2 Å². The highest BCUT2D eigenvalue weighted by Crippen LogP contribution is 2.33. The van der Waals surface area contributed by atoms with Crippen LogP contribution in [-0.2, 0) is 10.0 Å². The number of anilines is 2. The maximum atomic E-state index is 13.4. The molecular weight excluding hydrogens is 497 g/mol. The number of sulfonamides is 1. The average molecular weight is 518 g/mol. The molecule has 0 aliphatic carbocycles. The van der Waals surface area contributed by atoms with Crippen molar-refractivity contribution < 1.29 is 13.2 Å². The van der Waals surface area contributed by atoms with Crippen LogP contribution in [-0.4, -0.2) is 29.2 Å². The van der Waals surface area contributed by atoms with Crippen molar-refractivity contribution >= 4 is 61.5 Å². The van der Waals surface area contributed by atoms with Gasteiger partial charge in [0.05, 0.1) is 26.6 Å². The van der Waals surface area contributed by atoms with E-state index in [0.29, 0.717) is 21.9 Å². The lowest BCUT2D eigenvalue weighted by Gasteiger charge is -2.13. The first-order valence-electron chi connectivity index (χ1n) is 10.3. The lowest BCUT2D eigenvalue weighted by atomic mass is 10.0. The molecule has 11 heteroatoms. The molecule has 0 unspecified atom stereocenters. The van der Waals surface area contributed by atoms with Gasteiger partial charge in [-0.15, -0.1) is 0 Å². The molecule has 176 valence electrons. The number of ketones is 1. The van der Waals surface area contributed by atoms with Gasteiger partial charge in [-0.3, -0.25) is 9.52 Å². The third-order valence-corrected chi connectivity index (χ3v) is 7.46. The number of carbonyl (C=O) groups excluding carboxylic acids is 1. The van der Waals surface area contributed by atoms with Crippen LogP contribution in [0.1, 0.15) is 47.1 Å². The standard InChI is InChI=1S/C23H21Cl2N5O3S/c1-11(2)22-28-21(26)18-15(10-27-23(18)29-22)20(31)14-5-4-6-17(19(14)25)30-34(32,33)13-8-7-12(3)16(24)9-13/h4-11,30H,1-3H3,(H3,26,27,28,29). The highest BCUT2D eigenvalue weighted by atomic mass is 35.5. The summed E-state index contributed by atoms with van der Waals surface area (Å²) in [6.07, 6.45) is 1.49. The molecular formula is C23H21Cl2N5O3S. The first-order valence-corrected chi connectivity index (χ1v) is 12.5. The predicted molar refractivity (Wildman–Crippen MR) is 134 cm³/mol. The molecule has 34 heavy (non-hydrogen) atoms. The largest absolute Gasteiger partial charge is 0.383 e. The minimum absolute atomic E-state index is 0.0293. The number of nitrogens with zero attached hydrogens (tertiary/aromatic N) is 2. The topological polar surface area (TPSA) is 131 Å². The van der Waals surface area contributed by atoms with Gasteiger partial charge >= 0.3 is 0 Å². The van der Waals surface area contributed by atoms with E-state index >= 15 is 0 Å². The summed E-state index contributed by atoms with van der Waals surface area (Å²) in [5.41, 5.74) is 7.69. The number of aromatic nitrogens is 3. The van der Waals surface area contributed by atoms with Crippen LogP contribution in [0.25, 0.3) is 11.0 Å². The van der Waals surface area contributed by atoms with E-state index in [1.165, 1.54) is 36.5 Å². The maximum Gasteiger partial charge on any atom is 0.261 e. The van der Waals surface area contributed by atoms with Crippen LogP contribution in [0.2, 0.25) is 10.0 Å². The number of rotatable bonds is 6. The predicted octanol–water partition coefficient (Wildman–Crippen LogP) is 5.31. The van der Waals surface area contributed by atoms with E-state index in [0.717, 1.165) is 5.56 Å². The Kier molecular flexibility index (Phi) is 6.28. The zero-order chi connectivity index (χ0) is 24.8. The highest BCUT2D eigenvalue weighted by molar-refractivity contribution is 7.92. The average Bonchev–Trinajstić information content (AvgIpc) is 3.21. The van der Waals surface area contributed by atoms with E-state index in [4.69, 9.17) is 28.9 Å². The van der Waals surface area contributed by atoms with Crippen molar-refractivity contribution in [2.75, 3.05) is 10.5 Å². The van der Waals surface area contributed by atoms with Crippen molar-refractivity contribution in [3.05, 3.63) is 75.2 Å². The smallest absolute Gasteiger partial charge is 0.261 e. The summed E-state index contributed by atoms with van der Waals surface area (Å²) < 4.78 is 28.2. The molecule has 2 aromatic carbocycles. The van der Waals surface area contributed by atoms with E-state index < -0.39 is 15.8 Å². The van der Waals surface area contributed by atoms with Crippen molar-refractivity contribution in [1.82, 2.24) is 15.0 Å². The molecule has 0 atom stereocenters. The molecule has 0 bridgehead atoms. The van der Waals surface area contributed by atoms with Crippen LogP contribution in [0.5, 0.6) is 0 Å². The van der Waals surface area contributed by atoms with Crippen molar-refractivity contribution in [3.8, 4) is 0 Å². The number of H-pyrrole nitrogens is 1. The van der Waals surface area contributed by atoms with E-state index in [2.05, 4.69) is 19.7 Å². The number of nitrogens with two attached hydrogens (primary N) is 1. The highest BCUT2D eigenvalue weighted by Gasteiger charge is 2.24. The molecule has 0 amide bonds. The second kappa shape index (κ2) is 8.90. The van der Waals surface area contributed by atoms with Gasteiger partial charge in [0.15, 0.2) is 5.78 Å². The molecule has 2 aromatic heterocycles. The summed E-state index contributed by atoms with van der Waals surface area (Å²) in [5, 5.41) is 0.644. The molecule has 4 N–H and O–H groups in total. The first kappa shape index (κ1) is 24.0. The minimum atomic E-state index is -4.00. The number of fused-ring (bicyclic) bond motifs is 1. The number of carbonyl (C=O) groups is 1. The number of aromatic amines is 1. The van der Waals surface area contributed by atoms with Crippen LogP contribution in [0.4, 0.5) is 11.5 Å². The minimum Gasteiger partial charge on any atom is -0.383 e. The Balaban J connectivity index is 1.72. The molecule has 0 spiro atoms. The van der Waals surface area contributed by atoms with E-state index in [-0.39, 0.29) is 38.5 Å². The zero-order valence-corrected chi connectivity index (χ0v) is 20.8. The van der Waals surface area contributed by atoms with Crippen LogP contribution in [0.3, 0.4) is 0 Å². The van der Waals surface area contributed by atoms with Gasteiger partial charge in [0.2, 0.25) is 0 Å². The fourth-order valence-electron chi connectivity index (χ4n) is 3.39. The van der Waals surface area contributed by atoms with Crippen molar-refractivity contribution in [1.29, 1.82) is 0 Å². The number of hydrogen-bond donors (Lipinski definition) is 3. The molecule has 0 saturated carbocycles. The summed E-state index contributed by atoms with van der Waals surface area (Å²) in [7, 11) is -4.00. The van der Waals surface area contributed by atoms with Crippen LogP contribution in [0, 0.1) is 6.92 Å². The van der Waals surface area contributed by atoms with Crippen LogP contribution in [0.15, 0.2) is 47.5 Å². The monoisotopic (exact) mass is 517 g/mol. The second-order valence-corrected chi connectivity index (χ2v) is 10.5. The quantitative estimate of drug-likeness (QED) is 0.297. The SMILES string of the molecule is Cc1ccc(S(=O)(=O)Nc2cccc(C(=O)c3c[nH]c4nc(C(C)C)nc(N)c34)c2Cl)cc1Cl. The normalized spacial score (nSPS) is 11.8. The molecule has 0 saturated heterocycles. The van der Waals surface area contributed by atoms with Gasteiger partial charge in [-0.1, -0.05) is 49.2 Å². The van der Waals surface area contributed by atoms with Gasteiger partial charge < -0.3 is 10.7 Å². The Morgan fingerprint density at radius 2 is 1.85 bits per heavy atom. The van der Waals surface area contributed by atoms with Gasteiger partial charge in [0.25, 0.3) is 10.0 Å². The number of benzene rings is 2. The van der Waals surface area contributed by atoms with Crippen molar-refractivity contribution in [3.63, 3.8) is 0 Å². The molecule has 0 radical (unpaired) electrons. The Labute approximate surface area is 206 Å². The molecule has 2 heterocycles. The van der Waals surface area contributed by atoms with Crippen LogP contribution >= 0.6 is 23.2 Å². The number of aryl methyl sites for hydroxylation is 1. The van der Waals surface area contributed by atoms with E-state index in [1.54, 1.807) is 13.0 Å². The van der Waals surface area contributed by atoms with Crippen molar-refractivity contribution in [2.45, 2.75) is 31.6 Å². The third kappa shape index (κ3) is 4.34. The molecule has 0 aliphatic heterocycles. The molecule has 4 aromatic rings. The van der Waals surface area contributed by atoms with Crippen molar-refractivity contribution in [2.24, 2.45) is 0 Å². The lowest BCUT2D eigenvalue weighted by molar-refractivity contribution is 0.104. The Hall–Kier alpha value is -3.14. The lowest BCUT2D eigenvalue weighted by Crippen LogP contribution is -2.14. The fraction of sp³-hybridized carbons (Fsp3) is 0.174. The number of halogens is 2. The number of nitrogen functional groups attached to an aromatic ring is 1. The number of nitrogens with one attached hydrogen (secondary N) is 2. The molecule has 0 aliphatic rings. The Morgan fingerprint density at radius 1 is 1.12 bits per heavy atom. The van der Waals surface area contributed by atoms with Gasteiger partial charge in [0.1, 0.15) is 17.3 Å². The number of hydrogen-bond acceptors (Lipinski definition) is 6. The summed E-state index contributed by atoms with van der Waals surface area (Å²) in [5.74, 6) is 0.319. The summed E-state index contributed by atoms with van der Waals surface area (Å²) >= 11 is 12.6. The maximum absolute atomic E-state index is 13.4. The molecule has 4 rings (SSSR count). The van der Waals surface area contributed by atoms with Gasteiger partial charge in [-0.2, -0.15) is 0 Å². The van der Waals surface area contributed by atoms with Crippen LogP contribution < -0.4 is 10.5 Å². The Bertz CT molecular complexity index is 1550. The first-order chi connectivity index (χ1) is 16.0. The second-order valence-electron chi connectivity index (χ2n) is 8.06. The summed E-state index contributed by atoms with van der Waals surface area (Å²) in [6.45, 7) is 5.64. The molecule has 0 fully saturated rings. The van der Waals surface area contributed by atoms with Gasteiger partial charge in [0, 0.05) is 22.7 Å². The van der Waals surface area contributed by atoms with Gasteiger partial charge in [-0.05, 0) is 36.8 Å². The Morgan fingerprint density at radius 3 is 2.53 bits per heavy atom. The van der Waals surface area contributed by atoms with Gasteiger partial charge in [-0.25, -0.2) is 18.4 Å².